The maximum atomic E-state index is 11.9. The summed E-state index contributed by atoms with van der Waals surface area (Å²) < 4.78 is 5.31. The second-order valence-corrected chi connectivity index (χ2v) is 3.87. The number of aromatic nitrogens is 1. The van der Waals surface area contributed by atoms with Crippen LogP contribution < -0.4 is 0 Å². The van der Waals surface area contributed by atoms with E-state index in [0.29, 0.717) is 5.56 Å². The highest BCUT2D eigenvalue weighted by molar-refractivity contribution is 6.03. The van der Waals surface area contributed by atoms with Gasteiger partial charge in [0, 0.05) is 17.1 Å². The van der Waals surface area contributed by atoms with E-state index in [1.165, 1.54) is 0 Å². The minimum Gasteiger partial charge on any atom is -0.459 e. The van der Waals surface area contributed by atoms with Crippen molar-refractivity contribution in [1.82, 2.24) is 4.98 Å². The highest BCUT2D eigenvalue weighted by atomic mass is 16.5. The van der Waals surface area contributed by atoms with E-state index in [4.69, 9.17) is 4.74 Å². The number of esters is 1. The fraction of sp³-hybridized carbons (Fsp3) is 0.308. The summed E-state index contributed by atoms with van der Waals surface area (Å²) in [4.78, 5) is 15.0. The molecule has 1 unspecified atom stereocenters. The van der Waals surface area contributed by atoms with E-state index in [1.807, 2.05) is 38.2 Å². The van der Waals surface area contributed by atoms with Crippen molar-refractivity contribution in [2.45, 2.75) is 26.4 Å². The number of benzene rings is 1. The number of hydrogen-bond donors (Lipinski definition) is 1. The van der Waals surface area contributed by atoms with Gasteiger partial charge in [-0.05, 0) is 31.5 Å². The molecule has 0 spiro atoms. The molecule has 1 heterocycles. The Labute approximate surface area is 94.4 Å². The summed E-state index contributed by atoms with van der Waals surface area (Å²) in [6, 6.07) is 7.48. The van der Waals surface area contributed by atoms with Gasteiger partial charge in [-0.25, -0.2) is 4.79 Å². The molecule has 0 fully saturated rings. The molecule has 3 heteroatoms. The van der Waals surface area contributed by atoms with Gasteiger partial charge in [0.15, 0.2) is 0 Å². The SMILES string of the molecule is CCC(C)OC(=O)c1cccc2[nH]ccc12. The molecule has 1 aromatic heterocycles. The average molecular weight is 217 g/mol. The summed E-state index contributed by atoms with van der Waals surface area (Å²) in [7, 11) is 0. The van der Waals surface area contributed by atoms with Gasteiger partial charge >= 0.3 is 5.97 Å². The first-order valence-corrected chi connectivity index (χ1v) is 5.49. The number of carbonyl (C=O) groups excluding carboxylic acids is 1. The Balaban J connectivity index is 2.32. The standard InChI is InChI=1S/C13H15NO2/c1-3-9(2)16-13(15)11-5-4-6-12-10(11)7-8-14-12/h4-9,14H,3H2,1-2H3. The third-order valence-corrected chi connectivity index (χ3v) is 2.70. The number of hydrogen-bond acceptors (Lipinski definition) is 2. The summed E-state index contributed by atoms with van der Waals surface area (Å²) in [5, 5.41) is 0.913. The molecule has 1 aromatic carbocycles. The lowest BCUT2D eigenvalue weighted by Gasteiger charge is -2.11. The average Bonchev–Trinajstić information content (AvgIpc) is 2.76. The van der Waals surface area contributed by atoms with Crippen LogP contribution in [-0.2, 0) is 4.74 Å². The summed E-state index contributed by atoms with van der Waals surface area (Å²) in [5.74, 6) is -0.250. The first kappa shape index (κ1) is 10.7. The predicted octanol–water partition coefficient (Wildman–Crippen LogP) is 3.12. The van der Waals surface area contributed by atoms with Crippen LogP contribution in [0.3, 0.4) is 0 Å². The minimum atomic E-state index is -0.250. The first-order valence-electron chi connectivity index (χ1n) is 5.49. The van der Waals surface area contributed by atoms with Crippen LogP contribution in [0.5, 0.6) is 0 Å². The number of aromatic amines is 1. The van der Waals surface area contributed by atoms with Crippen molar-refractivity contribution in [3.8, 4) is 0 Å². The van der Waals surface area contributed by atoms with E-state index >= 15 is 0 Å². The van der Waals surface area contributed by atoms with Gasteiger partial charge in [-0.2, -0.15) is 0 Å². The summed E-state index contributed by atoms with van der Waals surface area (Å²) >= 11 is 0. The van der Waals surface area contributed by atoms with E-state index in [0.717, 1.165) is 17.3 Å². The largest absolute Gasteiger partial charge is 0.459 e. The van der Waals surface area contributed by atoms with Crippen LogP contribution in [0, 0.1) is 0 Å². The third kappa shape index (κ3) is 1.94. The Kier molecular flexibility index (Phi) is 2.95. The fourth-order valence-corrected chi connectivity index (χ4v) is 1.59. The zero-order valence-corrected chi connectivity index (χ0v) is 9.49. The Hall–Kier alpha value is -1.77. The zero-order chi connectivity index (χ0) is 11.5. The lowest BCUT2D eigenvalue weighted by atomic mass is 10.1. The maximum Gasteiger partial charge on any atom is 0.339 e. The highest BCUT2D eigenvalue weighted by Crippen LogP contribution is 2.18. The van der Waals surface area contributed by atoms with Crippen LogP contribution in [0.15, 0.2) is 30.5 Å². The smallest absolute Gasteiger partial charge is 0.339 e. The molecule has 84 valence electrons. The van der Waals surface area contributed by atoms with Crippen LogP contribution in [0.25, 0.3) is 10.9 Å². The van der Waals surface area contributed by atoms with Gasteiger partial charge in [0.05, 0.1) is 11.7 Å². The van der Waals surface area contributed by atoms with Gasteiger partial charge in [0.2, 0.25) is 0 Å². The molecule has 0 radical (unpaired) electrons. The Morgan fingerprint density at radius 2 is 2.25 bits per heavy atom. The monoisotopic (exact) mass is 217 g/mol. The van der Waals surface area contributed by atoms with Gasteiger partial charge in [0.25, 0.3) is 0 Å². The van der Waals surface area contributed by atoms with Gasteiger partial charge in [-0.15, -0.1) is 0 Å². The molecular weight excluding hydrogens is 202 g/mol. The fourth-order valence-electron chi connectivity index (χ4n) is 1.59. The van der Waals surface area contributed by atoms with Crippen LogP contribution in [0.1, 0.15) is 30.6 Å². The molecule has 2 rings (SSSR count). The van der Waals surface area contributed by atoms with Gasteiger partial charge in [0.1, 0.15) is 0 Å². The van der Waals surface area contributed by atoms with Crippen molar-refractivity contribution in [1.29, 1.82) is 0 Å². The van der Waals surface area contributed by atoms with E-state index < -0.39 is 0 Å². The lowest BCUT2D eigenvalue weighted by molar-refractivity contribution is 0.0337. The molecule has 0 saturated carbocycles. The first-order chi connectivity index (χ1) is 7.72. The van der Waals surface area contributed by atoms with Crippen molar-refractivity contribution in [2.24, 2.45) is 0 Å². The zero-order valence-electron chi connectivity index (χ0n) is 9.49. The van der Waals surface area contributed by atoms with E-state index in [2.05, 4.69) is 4.98 Å². The second kappa shape index (κ2) is 4.39. The lowest BCUT2D eigenvalue weighted by Crippen LogP contribution is -2.14. The molecule has 2 aromatic rings. The molecule has 3 nitrogen and oxygen atoms in total. The second-order valence-electron chi connectivity index (χ2n) is 3.87. The maximum absolute atomic E-state index is 11.9. The number of H-pyrrole nitrogens is 1. The van der Waals surface area contributed by atoms with Crippen molar-refractivity contribution in [3.63, 3.8) is 0 Å². The van der Waals surface area contributed by atoms with Crippen LogP contribution in [0.2, 0.25) is 0 Å². The minimum absolute atomic E-state index is 0.0401. The molecule has 0 aliphatic heterocycles. The molecule has 0 aliphatic rings. The molecule has 0 bridgehead atoms. The topological polar surface area (TPSA) is 42.1 Å². The molecule has 0 amide bonds. The summed E-state index contributed by atoms with van der Waals surface area (Å²) in [6.45, 7) is 3.89. The van der Waals surface area contributed by atoms with Crippen molar-refractivity contribution >= 4 is 16.9 Å². The quantitative estimate of drug-likeness (QED) is 0.802. The van der Waals surface area contributed by atoms with Crippen LogP contribution >= 0.6 is 0 Å². The summed E-state index contributed by atoms with van der Waals surface area (Å²) in [6.07, 6.45) is 2.61. The molecular formula is C13H15NO2. The van der Waals surface area contributed by atoms with Crippen molar-refractivity contribution < 1.29 is 9.53 Å². The number of nitrogens with one attached hydrogen (secondary N) is 1. The molecule has 0 aliphatic carbocycles. The molecule has 0 saturated heterocycles. The Morgan fingerprint density at radius 1 is 1.44 bits per heavy atom. The van der Waals surface area contributed by atoms with E-state index in [9.17, 15) is 4.79 Å². The predicted molar refractivity (Wildman–Crippen MR) is 63.5 cm³/mol. The Bertz CT molecular complexity index is 501. The molecule has 1 atom stereocenters. The van der Waals surface area contributed by atoms with E-state index in [1.54, 1.807) is 6.07 Å². The number of carbonyl (C=O) groups is 1. The van der Waals surface area contributed by atoms with Crippen molar-refractivity contribution in [3.05, 3.63) is 36.0 Å². The van der Waals surface area contributed by atoms with Crippen LogP contribution in [0.4, 0.5) is 0 Å². The number of ether oxygens (including phenoxy) is 1. The number of rotatable bonds is 3. The summed E-state index contributed by atoms with van der Waals surface area (Å²) in [5.41, 5.74) is 1.58. The van der Waals surface area contributed by atoms with Gasteiger partial charge in [-0.3, -0.25) is 0 Å². The normalized spacial score (nSPS) is 12.6. The van der Waals surface area contributed by atoms with E-state index in [-0.39, 0.29) is 12.1 Å². The van der Waals surface area contributed by atoms with Crippen molar-refractivity contribution in [2.75, 3.05) is 0 Å². The molecule has 16 heavy (non-hydrogen) atoms. The number of fused-ring (bicyclic) bond motifs is 1. The highest BCUT2D eigenvalue weighted by Gasteiger charge is 2.13. The van der Waals surface area contributed by atoms with Crippen LogP contribution in [-0.4, -0.2) is 17.1 Å². The Morgan fingerprint density at radius 3 is 3.00 bits per heavy atom. The van der Waals surface area contributed by atoms with Gasteiger partial charge < -0.3 is 9.72 Å². The third-order valence-electron chi connectivity index (χ3n) is 2.70. The molecule has 1 N–H and O–H groups in total. The van der Waals surface area contributed by atoms with Gasteiger partial charge in [-0.1, -0.05) is 13.0 Å².